The highest BCUT2D eigenvalue weighted by Crippen LogP contribution is 2.36. The number of benzene rings is 3. The van der Waals surface area contributed by atoms with Crippen LogP contribution in [0.2, 0.25) is 0 Å². The maximum absolute atomic E-state index is 14.3. The van der Waals surface area contributed by atoms with Crippen molar-refractivity contribution in [2.45, 2.75) is 63.7 Å². The minimum absolute atomic E-state index is 0.0158. The second-order valence-electron chi connectivity index (χ2n) is 11.5. The maximum Gasteiger partial charge on any atom is 0.252 e. The third-order valence-electron chi connectivity index (χ3n) is 8.44. The average molecular weight is 619 g/mol. The van der Waals surface area contributed by atoms with Crippen molar-refractivity contribution in [2.24, 2.45) is 0 Å². The lowest BCUT2D eigenvalue weighted by Crippen LogP contribution is -2.60. The molecule has 214 valence electrons. The number of ether oxygens (including phenoxy) is 1. The van der Waals surface area contributed by atoms with E-state index < -0.39 is 0 Å². The fourth-order valence-electron chi connectivity index (χ4n) is 6.04. The predicted molar refractivity (Wildman–Crippen MR) is 164 cm³/mol. The number of hydrogen-bond acceptors (Lipinski definition) is 4. The topological polar surface area (TPSA) is 53.6 Å². The molecule has 3 aromatic carbocycles. The SMILES string of the molecule is Cc1ccccc1CN(C(=O)C1=C(c2ccc(CCCOc3cc(F)ccc3Br)cc2)CC2CNC[C@H]1N2)C1CC1. The van der Waals surface area contributed by atoms with E-state index in [1.54, 1.807) is 6.07 Å². The smallest absolute Gasteiger partial charge is 0.252 e. The summed E-state index contributed by atoms with van der Waals surface area (Å²) >= 11 is 3.41. The van der Waals surface area contributed by atoms with E-state index in [0.29, 0.717) is 31.0 Å². The summed E-state index contributed by atoms with van der Waals surface area (Å²) in [5.74, 6) is 0.396. The van der Waals surface area contributed by atoms with E-state index in [4.69, 9.17) is 4.74 Å². The van der Waals surface area contributed by atoms with Crippen LogP contribution in [0, 0.1) is 12.7 Å². The van der Waals surface area contributed by atoms with Gasteiger partial charge in [-0.05, 0) is 94.9 Å². The van der Waals surface area contributed by atoms with Gasteiger partial charge in [0.25, 0.3) is 5.91 Å². The van der Waals surface area contributed by atoms with E-state index >= 15 is 0 Å². The lowest BCUT2D eigenvalue weighted by molar-refractivity contribution is -0.128. The van der Waals surface area contributed by atoms with E-state index in [1.807, 2.05) is 0 Å². The molecule has 41 heavy (non-hydrogen) atoms. The van der Waals surface area contributed by atoms with E-state index in [9.17, 15) is 9.18 Å². The fraction of sp³-hybridized carbons (Fsp3) is 0.382. The molecule has 0 spiro atoms. The first kappa shape index (κ1) is 28.1. The van der Waals surface area contributed by atoms with Crippen LogP contribution >= 0.6 is 15.9 Å². The van der Waals surface area contributed by atoms with E-state index in [-0.39, 0.29) is 17.8 Å². The summed E-state index contributed by atoms with van der Waals surface area (Å²) in [6.07, 6.45) is 4.68. The van der Waals surface area contributed by atoms with Gasteiger partial charge in [-0.3, -0.25) is 4.79 Å². The molecule has 1 aliphatic carbocycles. The molecule has 3 aliphatic rings. The number of halogens is 2. The molecule has 3 aromatic rings. The summed E-state index contributed by atoms with van der Waals surface area (Å²) in [6.45, 7) is 4.97. The minimum atomic E-state index is -0.306. The molecule has 2 bridgehead atoms. The first-order chi connectivity index (χ1) is 20.0. The standard InChI is InChI=1S/C34H37BrFN3O2/c1-22-5-2-3-7-25(22)21-39(28-13-14-28)34(40)33-29(18-27-19-37-20-31(33)38-27)24-10-8-23(9-11-24)6-4-16-41-32-17-26(36)12-15-30(32)35/h2-3,5,7-12,15,17,27-28,31,37-38H,4,6,13-14,16,18-21H2,1H3/t27?,31-/m1/s1. The Bertz CT molecular complexity index is 1440. The van der Waals surface area contributed by atoms with Gasteiger partial charge >= 0.3 is 0 Å². The van der Waals surface area contributed by atoms with Crippen LogP contribution in [0.3, 0.4) is 0 Å². The highest BCUT2D eigenvalue weighted by atomic mass is 79.9. The van der Waals surface area contributed by atoms with Crippen LogP contribution in [-0.4, -0.2) is 48.6 Å². The predicted octanol–water partition coefficient (Wildman–Crippen LogP) is 6.19. The lowest BCUT2D eigenvalue weighted by atomic mass is 9.83. The minimum Gasteiger partial charge on any atom is -0.492 e. The zero-order chi connectivity index (χ0) is 28.3. The summed E-state index contributed by atoms with van der Waals surface area (Å²) in [7, 11) is 0. The van der Waals surface area contributed by atoms with Gasteiger partial charge in [0.05, 0.1) is 17.1 Å². The third-order valence-corrected chi connectivity index (χ3v) is 9.10. The fourth-order valence-corrected chi connectivity index (χ4v) is 6.40. The van der Waals surface area contributed by atoms with Gasteiger partial charge in [-0.1, -0.05) is 48.5 Å². The number of hydrogen-bond donors (Lipinski definition) is 2. The quantitative estimate of drug-likeness (QED) is 0.267. The van der Waals surface area contributed by atoms with Gasteiger partial charge in [0.1, 0.15) is 11.6 Å². The summed E-state index contributed by atoms with van der Waals surface area (Å²) < 4.78 is 20.1. The Kier molecular flexibility index (Phi) is 8.56. The van der Waals surface area contributed by atoms with Crippen LogP contribution in [0.5, 0.6) is 5.75 Å². The van der Waals surface area contributed by atoms with Gasteiger partial charge in [-0.2, -0.15) is 0 Å². The van der Waals surface area contributed by atoms with Crippen LogP contribution < -0.4 is 15.4 Å². The molecule has 6 rings (SSSR count). The van der Waals surface area contributed by atoms with Crippen molar-refractivity contribution >= 4 is 27.4 Å². The number of amides is 1. The van der Waals surface area contributed by atoms with Gasteiger partial charge < -0.3 is 20.3 Å². The molecule has 0 aromatic heterocycles. The van der Waals surface area contributed by atoms with Crippen molar-refractivity contribution in [3.8, 4) is 5.75 Å². The number of carbonyl (C=O) groups is 1. The summed E-state index contributed by atoms with van der Waals surface area (Å²) in [5, 5.41) is 7.27. The second kappa shape index (κ2) is 12.5. The van der Waals surface area contributed by atoms with Crippen molar-refractivity contribution in [2.75, 3.05) is 19.7 Å². The number of rotatable bonds is 10. The number of nitrogens with zero attached hydrogens (tertiary/aromatic N) is 1. The molecule has 2 fully saturated rings. The van der Waals surface area contributed by atoms with E-state index in [2.05, 4.69) is 86.9 Å². The largest absolute Gasteiger partial charge is 0.492 e. The monoisotopic (exact) mass is 617 g/mol. The molecule has 5 nitrogen and oxygen atoms in total. The Morgan fingerprint density at radius 1 is 1.07 bits per heavy atom. The van der Waals surface area contributed by atoms with Crippen LogP contribution in [0.15, 0.2) is 76.8 Å². The van der Waals surface area contributed by atoms with Gasteiger partial charge in [-0.25, -0.2) is 4.39 Å². The molecule has 2 heterocycles. The molecule has 2 atom stereocenters. The van der Waals surface area contributed by atoms with Gasteiger partial charge in [0, 0.05) is 43.4 Å². The maximum atomic E-state index is 14.3. The Balaban J connectivity index is 1.19. The van der Waals surface area contributed by atoms with Crippen molar-refractivity contribution in [1.82, 2.24) is 15.5 Å². The van der Waals surface area contributed by atoms with Gasteiger partial charge in [0.15, 0.2) is 0 Å². The molecule has 2 aliphatic heterocycles. The van der Waals surface area contributed by atoms with Crippen LogP contribution in [0.4, 0.5) is 4.39 Å². The van der Waals surface area contributed by atoms with Crippen LogP contribution in [-0.2, 0) is 17.8 Å². The molecule has 7 heteroatoms. The van der Waals surface area contributed by atoms with Crippen molar-refractivity contribution in [3.63, 3.8) is 0 Å². The van der Waals surface area contributed by atoms with Crippen LogP contribution in [0.1, 0.15) is 47.9 Å². The van der Waals surface area contributed by atoms with E-state index in [0.717, 1.165) is 60.8 Å². The van der Waals surface area contributed by atoms with Gasteiger partial charge in [-0.15, -0.1) is 0 Å². The molecule has 1 unspecified atom stereocenters. The Morgan fingerprint density at radius 3 is 2.66 bits per heavy atom. The zero-order valence-corrected chi connectivity index (χ0v) is 25.1. The number of nitrogens with one attached hydrogen (secondary N) is 2. The molecular formula is C34H37BrFN3O2. The van der Waals surface area contributed by atoms with Crippen molar-refractivity contribution < 1.29 is 13.9 Å². The zero-order valence-electron chi connectivity index (χ0n) is 23.5. The molecule has 2 N–H and O–H groups in total. The molecule has 1 amide bonds. The van der Waals surface area contributed by atoms with Crippen molar-refractivity contribution in [1.29, 1.82) is 0 Å². The Labute approximate surface area is 250 Å². The second-order valence-corrected chi connectivity index (χ2v) is 12.3. The Hall–Kier alpha value is -3.00. The third kappa shape index (κ3) is 6.58. The Morgan fingerprint density at radius 2 is 1.88 bits per heavy atom. The first-order valence-electron chi connectivity index (χ1n) is 14.7. The molecule has 1 saturated heterocycles. The lowest BCUT2D eigenvalue weighted by Gasteiger charge is -2.41. The normalized spacial score (nSPS) is 20.2. The summed E-state index contributed by atoms with van der Waals surface area (Å²) in [4.78, 5) is 16.5. The number of piperazine rings is 1. The summed E-state index contributed by atoms with van der Waals surface area (Å²) in [5.41, 5.74) is 6.92. The highest BCUT2D eigenvalue weighted by Gasteiger charge is 2.41. The van der Waals surface area contributed by atoms with Gasteiger partial charge in [0.2, 0.25) is 0 Å². The molecular weight excluding hydrogens is 581 g/mol. The summed E-state index contributed by atoms with van der Waals surface area (Å²) in [6, 6.07) is 22.2. The molecule has 0 radical (unpaired) electrons. The average Bonchev–Trinajstić information content (AvgIpc) is 3.82. The molecule has 1 saturated carbocycles. The number of fused-ring (bicyclic) bond motifs is 2. The highest BCUT2D eigenvalue weighted by molar-refractivity contribution is 9.10. The first-order valence-corrected chi connectivity index (χ1v) is 15.5. The van der Waals surface area contributed by atoms with Crippen molar-refractivity contribution in [3.05, 3.63) is 105 Å². The van der Waals surface area contributed by atoms with E-state index in [1.165, 1.54) is 34.4 Å². The number of aryl methyl sites for hydroxylation is 2. The van der Waals surface area contributed by atoms with Crippen LogP contribution in [0.25, 0.3) is 5.57 Å². The number of carbonyl (C=O) groups excluding carboxylic acids is 1.